The first kappa shape index (κ1) is 27.4. The van der Waals surface area contributed by atoms with Gasteiger partial charge in [-0.25, -0.2) is 18.7 Å². The normalized spacial score (nSPS) is 16.8. The fourth-order valence-corrected chi connectivity index (χ4v) is 4.52. The molecule has 0 saturated carbocycles. The molecule has 2 amide bonds. The molecule has 2 aromatic rings. The lowest BCUT2D eigenvalue weighted by molar-refractivity contribution is -0.106. The molecule has 1 aromatic heterocycles. The van der Waals surface area contributed by atoms with E-state index in [1.807, 2.05) is 0 Å². The minimum absolute atomic E-state index is 0.0923. The molecule has 196 valence electrons. The van der Waals surface area contributed by atoms with Crippen molar-refractivity contribution >= 4 is 12.3 Å². The zero-order valence-electron chi connectivity index (χ0n) is 21.0. The molecule has 2 saturated heterocycles. The number of hydrogen-bond acceptors (Lipinski definition) is 6. The first-order chi connectivity index (χ1) is 17.2. The number of nitrogens with zero attached hydrogens (tertiary/aromatic N) is 4. The Bertz CT molecular complexity index is 1000. The third kappa shape index (κ3) is 7.94. The maximum atomic E-state index is 14.6. The molecule has 0 aliphatic carbocycles. The number of piperidine rings is 1. The van der Waals surface area contributed by atoms with Crippen molar-refractivity contribution in [1.29, 1.82) is 0 Å². The molecule has 2 fully saturated rings. The van der Waals surface area contributed by atoms with Gasteiger partial charge in [0.05, 0.1) is 30.3 Å². The molecule has 0 bridgehead atoms. The highest BCUT2D eigenvalue weighted by molar-refractivity contribution is 5.95. The van der Waals surface area contributed by atoms with Crippen LogP contribution in [0.25, 0.3) is 11.3 Å². The molecular formula is C26H35F2N5O3. The molecule has 0 unspecified atom stereocenters. The summed E-state index contributed by atoms with van der Waals surface area (Å²) in [5, 5.41) is 0. The quantitative estimate of drug-likeness (QED) is 0.581. The van der Waals surface area contributed by atoms with Crippen molar-refractivity contribution < 1.29 is 23.1 Å². The van der Waals surface area contributed by atoms with E-state index in [0.29, 0.717) is 49.3 Å². The number of rotatable bonds is 7. The third-order valence-corrected chi connectivity index (χ3v) is 6.29. The maximum Gasteiger partial charge on any atom is 0.256 e. The molecule has 1 aromatic carbocycles. The predicted octanol–water partition coefficient (Wildman–Crippen LogP) is 3.46. The van der Waals surface area contributed by atoms with Crippen molar-refractivity contribution in [2.24, 2.45) is 11.7 Å². The van der Waals surface area contributed by atoms with Gasteiger partial charge in [-0.15, -0.1) is 0 Å². The number of nitrogens with two attached hydrogens (primary N) is 1. The average molecular weight is 504 g/mol. The zero-order chi connectivity index (χ0) is 26.1. The lowest BCUT2D eigenvalue weighted by Crippen LogP contribution is -2.41. The summed E-state index contributed by atoms with van der Waals surface area (Å²) in [6.45, 7) is 7.33. The van der Waals surface area contributed by atoms with Crippen molar-refractivity contribution in [3.8, 4) is 17.1 Å². The van der Waals surface area contributed by atoms with Gasteiger partial charge in [-0.3, -0.25) is 9.59 Å². The number of halogens is 2. The number of aromatic nitrogens is 2. The number of carbonyl (C=O) groups excluding carboxylic acids is 2. The van der Waals surface area contributed by atoms with E-state index in [-0.39, 0.29) is 17.9 Å². The first-order valence-electron chi connectivity index (χ1n) is 12.3. The van der Waals surface area contributed by atoms with Crippen LogP contribution < -0.4 is 10.5 Å². The van der Waals surface area contributed by atoms with E-state index >= 15 is 0 Å². The Morgan fingerprint density at radius 3 is 2.39 bits per heavy atom. The Morgan fingerprint density at radius 2 is 1.83 bits per heavy atom. The third-order valence-electron chi connectivity index (χ3n) is 6.29. The van der Waals surface area contributed by atoms with Crippen LogP contribution in [0.5, 0.6) is 5.88 Å². The van der Waals surface area contributed by atoms with Crippen LogP contribution in [-0.4, -0.2) is 77.1 Å². The number of carbonyl (C=O) groups is 2. The average Bonchev–Trinajstić information content (AvgIpc) is 3.38. The summed E-state index contributed by atoms with van der Waals surface area (Å²) in [6, 6.07) is 4.55. The lowest BCUT2D eigenvalue weighted by Gasteiger charge is -2.34. The van der Waals surface area contributed by atoms with Crippen LogP contribution in [0.2, 0.25) is 0 Å². The van der Waals surface area contributed by atoms with Gasteiger partial charge < -0.3 is 20.3 Å². The molecule has 0 radical (unpaired) electrons. The van der Waals surface area contributed by atoms with Gasteiger partial charge in [-0.05, 0) is 70.7 Å². The highest BCUT2D eigenvalue weighted by Gasteiger charge is 2.26. The summed E-state index contributed by atoms with van der Waals surface area (Å²) in [7, 11) is 0. The molecule has 3 heterocycles. The van der Waals surface area contributed by atoms with E-state index in [2.05, 4.69) is 20.6 Å². The monoisotopic (exact) mass is 503 g/mol. The number of likely N-dealkylation sites (tertiary alicyclic amines) is 2. The van der Waals surface area contributed by atoms with Gasteiger partial charge in [-0.1, -0.05) is 6.07 Å². The minimum atomic E-state index is -1.17. The Morgan fingerprint density at radius 1 is 1.17 bits per heavy atom. The van der Waals surface area contributed by atoms with Gasteiger partial charge in [0.1, 0.15) is 11.5 Å². The van der Waals surface area contributed by atoms with Crippen LogP contribution >= 0.6 is 0 Å². The van der Waals surface area contributed by atoms with Gasteiger partial charge in [0.2, 0.25) is 12.3 Å². The number of benzene rings is 1. The van der Waals surface area contributed by atoms with Gasteiger partial charge >= 0.3 is 0 Å². The smallest absolute Gasteiger partial charge is 0.256 e. The van der Waals surface area contributed by atoms with Crippen LogP contribution in [-0.2, 0) is 4.79 Å². The molecule has 2 aliphatic heterocycles. The fraction of sp³-hybridized carbons (Fsp3) is 0.538. The number of ether oxygens (including phenoxy) is 1. The van der Waals surface area contributed by atoms with E-state index in [4.69, 9.17) is 9.53 Å². The summed E-state index contributed by atoms with van der Waals surface area (Å²) in [4.78, 5) is 33.6. The fourth-order valence-electron chi connectivity index (χ4n) is 4.52. The summed E-state index contributed by atoms with van der Waals surface area (Å²) in [6.07, 6.45) is 7.19. The number of amides is 2. The van der Waals surface area contributed by atoms with Gasteiger partial charge in [0.25, 0.3) is 5.91 Å². The van der Waals surface area contributed by atoms with Crippen LogP contribution in [0.3, 0.4) is 0 Å². The zero-order valence-corrected chi connectivity index (χ0v) is 21.0. The predicted molar refractivity (Wildman–Crippen MR) is 133 cm³/mol. The molecule has 8 nitrogen and oxygen atoms in total. The summed E-state index contributed by atoms with van der Waals surface area (Å²) < 4.78 is 34.2. The molecule has 10 heteroatoms. The van der Waals surface area contributed by atoms with Crippen LogP contribution in [0.1, 0.15) is 49.9 Å². The lowest BCUT2D eigenvalue weighted by atomic mass is 9.97. The second-order valence-corrected chi connectivity index (χ2v) is 9.82. The van der Waals surface area contributed by atoms with E-state index in [9.17, 15) is 13.6 Å². The Balaban J connectivity index is 0.00000115. The molecular weight excluding hydrogens is 468 g/mol. The van der Waals surface area contributed by atoms with Crippen molar-refractivity contribution in [2.45, 2.75) is 45.2 Å². The second kappa shape index (κ2) is 12.7. The Hall–Kier alpha value is -3.14. The maximum absolute atomic E-state index is 14.6. The van der Waals surface area contributed by atoms with Gasteiger partial charge in [0, 0.05) is 25.2 Å². The van der Waals surface area contributed by atoms with Gasteiger partial charge in [0.15, 0.2) is 0 Å². The van der Waals surface area contributed by atoms with E-state index in [1.165, 1.54) is 18.3 Å². The van der Waals surface area contributed by atoms with Crippen LogP contribution in [0.15, 0.2) is 30.6 Å². The van der Waals surface area contributed by atoms with Crippen molar-refractivity contribution in [2.75, 3.05) is 39.3 Å². The van der Waals surface area contributed by atoms with Crippen LogP contribution in [0, 0.1) is 11.7 Å². The Kier molecular flexibility index (Phi) is 9.69. The van der Waals surface area contributed by atoms with Crippen molar-refractivity contribution in [3.63, 3.8) is 0 Å². The largest absolute Gasteiger partial charge is 0.476 e. The molecule has 36 heavy (non-hydrogen) atoms. The Labute approximate surface area is 210 Å². The highest BCUT2D eigenvalue weighted by atomic mass is 19.1. The number of hydrogen-bond donors (Lipinski definition) is 1. The summed E-state index contributed by atoms with van der Waals surface area (Å²) in [5.74, 6) is 0.0206. The SMILES string of the molecule is CC(C)(F)CN1CCC(COc2cnc(-c3ccc(C(=O)N4CCCC4)c(F)c3)cn2)CC1.NC=O. The standard InChI is InChI=1S/C25H32F2N4O2.CH3NO/c1-25(2,27)17-30-11-7-18(8-12-30)16-33-23-15-28-22(14-29-23)19-5-6-20(21(26)13-19)24(32)31-9-3-4-10-31;2-1-3/h5-6,13-15,18H,3-4,7-12,16-17H2,1-2H3;1H,(H2,2,3). The van der Waals surface area contributed by atoms with E-state index in [0.717, 1.165) is 38.8 Å². The topological polar surface area (TPSA) is 102 Å². The summed E-state index contributed by atoms with van der Waals surface area (Å²) >= 11 is 0. The highest BCUT2D eigenvalue weighted by Crippen LogP contribution is 2.24. The van der Waals surface area contributed by atoms with E-state index < -0.39 is 11.5 Å². The van der Waals surface area contributed by atoms with Crippen molar-refractivity contribution in [3.05, 3.63) is 42.0 Å². The first-order valence-corrected chi connectivity index (χ1v) is 12.3. The molecule has 0 spiro atoms. The van der Waals surface area contributed by atoms with E-state index in [1.54, 1.807) is 31.0 Å². The molecule has 2 N–H and O–H groups in total. The number of alkyl halides is 1. The molecule has 4 rings (SSSR count). The summed E-state index contributed by atoms with van der Waals surface area (Å²) in [5.41, 5.74) is 4.17. The molecule has 0 atom stereocenters. The minimum Gasteiger partial charge on any atom is -0.476 e. The second-order valence-electron chi connectivity index (χ2n) is 9.82. The van der Waals surface area contributed by atoms with Gasteiger partial charge in [-0.2, -0.15) is 0 Å². The van der Waals surface area contributed by atoms with Crippen LogP contribution in [0.4, 0.5) is 8.78 Å². The van der Waals surface area contributed by atoms with Crippen molar-refractivity contribution in [1.82, 2.24) is 19.8 Å². The number of primary amides is 1. The molecule has 2 aliphatic rings.